The fraction of sp³-hybridized carbons (Fsp3) is 0.130. The van der Waals surface area contributed by atoms with E-state index in [1.54, 1.807) is 0 Å². The summed E-state index contributed by atoms with van der Waals surface area (Å²) >= 11 is 0. The molecule has 0 spiro atoms. The van der Waals surface area contributed by atoms with E-state index >= 15 is 0 Å². The quantitative estimate of drug-likeness (QED) is 0.515. The second kappa shape index (κ2) is 7.18. The highest BCUT2D eigenvalue weighted by atomic mass is 15.1. The minimum Gasteiger partial charge on any atom is -0.345 e. The first-order valence-corrected chi connectivity index (χ1v) is 8.27. The van der Waals surface area contributed by atoms with Crippen molar-refractivity contribution in [1.29, 1.82) is 0 Å². The van der Waals surface area contributed by atoms with Gasteiger partial charge in [0.15, 0.2) is 0 Å². The summed E-state index contributed by atoms with van der Waals surface area (Å²) in [5.74, 6) is 0. The molecule has 3 aromatic rings. The molecule has 0 aliphatic heterocycles. The van der Waals surface area contributed by atoms with Gasteiger partial charge in [-0.2, -0.15) is 0 Å². The normalized spacial score (nSPS) is 11.0. The fourth-order valence-corrected chi connectivity index (χ4v) is 2.60. The van der Waals surface area contributed by atoms with Gasteiger partial charge in [-0.05, 0) is 49.2 Å². The second-order valence-corrected chi connectivity index (χ2v) is 6.23. The number of nitrogens with zero attached hydrogens (tertiary/aromatic N) is 1. The van der Waals surface area contributed by atoms with Crippen molar-refractivity contribution < 1.29 is 0 Å². The summed E-state index contributed by atoms with van der Waals surface area (Å²) in [5, 5.41) is 0. The van der Waals surface area contributed by atoms with Crippen molar-refractivity contribution in [2.24, 2.45) is 0 Å². The van der Waals surface area contributed by atoms with Crippen molar-refractivity contribution in [3.8, 4) is 0 Å². The Labute approximate surface area is 144 Å². The van der Waals surface area contributed by atoms with Crippen LogP contribution in [0.3, 0.4) is 0 Å². The van der Waals surface area contributed by atoms with Gasteiger partial charge in [0, 0.05) is 18.4 Å². The van der Waals surface area contributed by atoms with E-state index in [0.29, 0.717) is 0 Å². The number of hydrogen-bond donors (Lipinski definition) is 0. The molecule has 3 aromatic carbocycles. The molecule has 0 radical (unpaired) electrons. The van der Waals surface area contributed by atoms with Crippen molar-refractivity contribution in [2.75, 3.05) is 11.9 Å². The maximum atomic E-state index is 2.20. The molecule has 0 unspecified atom stereocenters. The van der Waals surface area contributed by atoms with Gasteiger partial charge in [-0.25, -0.2) is 0 Å². The van der Waals surface area contributed by atoms with E-state index in [1.165, 1.54) is 33.6 Å². The van der Waals surface area contributed by atoms with Crippen LogP contribution < -0.4 is 4.90 Å². The minimum absolute atomic E-state index is 1.19. The third kappa shape index (κ3) is 3.94. The number of benzene rings is 3. The van der Waals surface area contributed by atoms with E-state index in [4.69, 9.17) is 0 Å². The molecule has 3 rings (SSSR count). The fourth-order valence-electron chi connectivity index (χ4n) is 2.60. The van der Waals surface area contributed by atoms with Gasteiger partial charge in [-0.1, -0.05) is 71.8 Å². The summed E-state index contributed by atoms with van der Waals surface area (Å²) in [5.41, 5.74) is 7.38. The second-order valence-electron chi connectivity index (χ2n) is 6.23. The molecule has 1 heteroatoms. The Hall–Kier alpha value is -2.80. The zero-order valence-corrected chi connectivity index (χ0v) is 14.5. The first-order chi connectivity index (χ1) is 11.6. The Morgan fingerprint density at radius 3 is 1.33 bits per heavy atom. The molecule has 0 amide bonds. The highest BCUT2D eigenvalue weighted by molar-refractivity contribution is 5.71. The number of hydrogen-bond acceptors (Lipinski definition) is 1. The largest absolute Gasteiger partial charge is 0.345 e. The molecule has 0 N–H and O–H groups in total. The molecular formula is C23H23N. The zero-order valence-electron chi connectivity index (χ0n) is 14.5. The molecule has 0 heterocycles. The molecule has 0 saturated heterocycles. The zero-order chi connectivity index (χ0) is 16.9. The van der Waals surface area contributed by atoms with Crippen molar-refractivity contribution in [3.05, 3.63) is 95.1 Å². The maximum Gasteiger partial charge on any atom is 0.0408 e. The van der Waals surface area contributed by atoms with Gasteiger partial charge >= 0.3 is 0 Å². The molecule has 0 fully saturated rings. The van der Waals surface area contributed by atoms with Crippen LogP contribution in [0.15, 0.2) is 72.8 Å². The first-order valence-electron chi connectivity index (χ1n) is 8.27. The summed E-state index contributed by atoms with van der Waals surface area (Å²) in [4.78, 5) is 2.20. The third-order valence-corrected chi connectivity index (χ3v) is 4.25. The number of aryl methyl sites for hydroxylation is 2. The molecule has 0 atom stereocenters. The molecule has 0 saturated carbocycles. The van der Waals surface area contributed by atoms with Gasteiger partial charge in [0.2, 0.25) is 0 Å². The van der Waals surface area contributed by atoms with Crippen LogP contribution in [0.1, 0.15) is 22.3 Å². The van der Waals surface area contributed by atoms with E-state index in [1.807, 2.05) is 0 Å². The predicted octanol–water partition coefficient (Wildman–Crippen LogP) is 6.24. The van der Waals surface area contributed by atoms with Gasteiger partial charge in [0.05, 0.1) is 0 Å². The SMILES string of the molecule is Cc1ccc(C=Cc2ccc(N(C)c3ccc(C)cc3)cc2)cc1. The lowest BCUT2D eigenvalue weighted by Crippen LogP contribution is -2.08. The van der Waals surface area contributed by atoms with Crippen LogP contribution in [-0.4, -0.2) is 7.05 Å². The molecule has 1 nitrogen and oxygen atoms in total. The van der Waals surface area contributed by atoms with Gasteiger partial charge in [0.25, 0.3) is 0 Å². The summed E-state index contributed by atoms with van der Waals surface area (Å²) in [6, 6.07) is 25.8. The van der Waals surface area contributed by atoms with Crippen LogP contribution in [0.4, 0.5) is 11.4 Å². The molecule has 0 aromatic heterocycles. The molecule has 0 bridgehead atoms. The predicted molar refractivity (Wildman–Crippen MR) is 106 cm³/mol. The summed E-state index contributed by atoms with van der Waals surface area (Å²) < 4.78 is 0. The molecule has 120 valence electrons. The molecule has 0 aliphatic carbocycles. The monoisotopic (exact) mass is 313 g/mol. The number of anilines is 2. The standard InChI is InChI=1S/C23H23N/c1-18-4-8-20(9-5-18)10-11-21-12-16-23(17-13-21)24(3)22-14-6-19(2)7-15-22/h4-17H,1-3H3. The highest BCUT2D eigenvalue weighted by Crippen LogP contribution is 2.24. The van der Waals surface area contributed by atoms with Crippen molar-refractivity contribution in [3.63, 3.8) is 0 Å². The Kier molecular flexibility index (Phi) is 4.81. The van der Waals surface area contributed by atoms with Crippen LogP contribution in [0.25, 0.3) is 12.2 Å². The van der Waals surface area contributed by atoms with Gasteiger partial charge in [0.1, 0.15) is 0 Å². The van der Waals surface area contributed by atoms with Crippen molar-refractivity contribution in [1.82, 2.24) is 0 Å². The highest BCUT2D eigenvalue weighted by Gasteiger charge is 2.03. The Morgan fingerprint density at radius 2 is 0.875 bits per heavy atom. The molecular weight excluding hydrogens is 290 g/mol. The van der Waals surface area contributed by atoms with Crippen LogP contribution in [0.5, 0.6) is 0 Å². The maximum absolute atomic E-state index is 2.20. The van der Waals surface area contributed by atoms with E-state index in [2.05, 4.69) is 111 Å². The lowest BCUT2D eigenvalue weighted by atomic mass is 10.1. The van der Waals surface area contributed by atoms with Crippen molar-refractivity contribution in [2.45, 2.75) is 13.8 Å². The number of rotatable bonds is 4. The van der Waals surface area contributed by atoms with E-state index in [-0.39, 0.29) is 0 Å². The van der Waals surface area contributed by atoms with E-state index < -0.39 is 0 Å². The lowest BCUT2D eigenvalue weighted by Gasteiger charge is -2.19. The third-order valence-electron chi connectivity index (χ3n) is 4.25. The Balaban J connectivity index is 1.73. The molecule has 24 heavy (non-hydrogen) atoms. The summed E-state index contributed by atoms with van der Waals surface area (Å²) in [6.45, 7) is 4.22. The van der Waals surface area contributed by atoms with Crippen LogP contribution in [0, 0.1) is 13.8 Å². The van der Waals surface area contributed by atoms with Gasteiger partial charge in [-0.3, -0.25) is 0 Å². The Bertz CT molecular complexity index is 809. The topological polar surface area (TPSA) is 3.24 Å². The first kappa shape index (κ1) is 16.1. The van der Waals surface area contributed by atoms with Crippen LogP contribution in [-0.2, 0) is 0 Å². The molecule has 0 aliphatic rings. The smallest absolute Gasteiger partial charge is 0.0408 e. The van der Waals surface area contributed by atoms with Gasteiger partial charge in [-0.15, -0.1) is 0 Å². The Morgan fingerprint density at radius 1 is 0.542 bits per heavy atom. The van der Waals surface area contributed by atoms with Crippen molar-refractivity contribution >= 4 is 23.5 Å². The summed E-state index contributed by atoms with van der Waals surface area (Å²) in [7, 11) is 2.10. The van der Waals surface area contributed by atoms with Crippen LogP contribution in [0.2, 0.25) is 0 Å². The summed E-state index contributed by atoms with van der Waals surface area (Å²) in [6.07, 6.45) is 4.30. The van der Waals surface area contributed by atoms with Crippen LogP contribution >= 0.6 is 0 Å². The van der Waals surface area contributed by atoms with E-state index in [9.17, 15) is 0 Å². The average Bonchev–Trinajstić information content (AvgIpc) is 2.62. The minimum atomic E-state index is 1.19. The average molecular weight is 313 g/mol. The lowest BCUT2D eigenvalue weighted by molar-refractivity contribution is 1.20. The van der Waals surface area contributed by atoms with Gasteiger partial charge < -0.3 is 4.90 Å². The van der Waals surface area contributed by atoms with E-state index in [0.717, 1.165) is 0 Å².